The molecule has 1 aromatic rings. The van der Waals surface area contributed by atoms with E-state index in [9.17, 15) is 4.79 Å². The monoisotopic (exact) mass is 190 g/mol. The molecule has 1 unspecified atom stereocenters. The molecule has 1 aromatic carbocycles. The number of aldehydes is 1. The van der Waals surface area contributed by atoms with E-state index in [-0.39, 0.29) is 5.92 Å². The summed E-state index contributed by atoms with van der Waals surface area (Å²) in [5.74, 6) is 0.591. The summed E-state index contributed by atoms with van der Waals surface area (Å²) in [4.78, 5) is 10.8. The standard InChI is InChI=1S/C13H18O/c1-4-11(9-14)13-7-5-6-12(8-13)10(2)3/h5-11H,4H2,1-3H3. The number of hydrogen-bond acceptors (Lipinski definition) is 1. The fourth-order valence-corrected chi connectivity index (χ4v) is 1.56. The molecule has 0 radical (unpaired) electrons. The van der Waals surface area contributed by atoms with Gasteiger partial charge in [0.05, 0.1) is 0 Å². The average Bonchev–Trinajstić information content (AvgIpc) is 2.20. The van der Waals surface area contributed by atoms with Crippen LogP contribution in [0.1, 0.15) is 50.2 Å². The van der Waals surface area contributed by atoms with E-state index in [0.717, 1.165) is 18.3 Å². The zero-order chi connectivity index (χ0) is 10.6. The molecule has 0 aliphatic carbocycles. The second kappa shape index (κ2) is 4.94. The highest BCUT2D eigenvalue weighted by Crippen LogP contribution is 2.22. The fourth-order valence-electron chi connectivity index (χ4n) is 1.56. The van der Waals surface area contributed by atoms with Crippen molar-refractivity contribution in [2.24, 2.45) is 0 Å². The summed E-state index contributed by atoms with van der Waals surface area (Å²) in [5.41, 5.74) is 2.46. The van der Waals surface area contributed by atoms with Crippen molar-refractivity contribution in [2.45, 2.75) is 39.0 Å². The van der Waals surface area contributed by atoms with E-state index in [0.29, 0.717) is 5.92 Å². The third-order valence-electron chi connectivity index (χ3n) is 2.61. The minimum atomic E-state index is 0.0636. The summed E-state index contributed by atoms with van der Waals surface area (Å²) < 4.78 is 0. The van der Waals surface area contributed by atoms with Gasteiger partial charge in [-0.25, -0.2) is 0 Å². The Balaban J connectivity index is 2.98. The molecule has 0 amide bonds. The van der Waals surface area contributed by atoms with Gasteiger partial charge in [-0.2, -0.15) is 0 Å². The van der Waals surface area contributed by atoms with Crippen LogP contribution in [0.2, 0.25) is 0 Å². The van der Waals surface area contributed by atoms with Gasteiger partial charge in [-0.15, -0.1) is 0 Å². The first-order valence-electron chi connectivity index (χ1n) is 5.24. The van der Waals surface area contributed by atoms with Gasteiger partial charge in [0.25, 0.3) is 0 Å². The first-order valence-corrected chi connectivity index (χ1v) is 5.24. The van der Waals surface area contributed by atoms with E-state index >= 15 is 0 Å². The maximum atomic E-state index is 10.8. The van der Waals surface area contributed by atoms with Crippen LogP contribution < -0.4 is 0 Å². The van der Waals surface area contributed by atoms with Crippen molar-refractivity contribution >= 4 is 6.29 Å². The molecular weight excluding hydrogens is 172 g/mol. The third-order valence-corrected chi connectivity index (χ3v) is 2.61. The molecule has 0 aliphatic rings. The zero-order valence-electron chi connectivity index (χ0n) is 9.16. The summed E-state index contributed by atoms with van der Waals surface area (Å²) in [5, 5.41) is 0. The quantitative estimate of drug-likeness (QED) is 0.664. The van der Waals surface area contributed by atoms with Gasteiger partial charge in [-0.05, 0) is 23.5 Å². The summed E-state index contributed by atoms with van der Waals surface area (Å²) in [7, 11) is 0. The maximum Gasteiger partial charge on any atom is 0.127 e. The first-order chi connectivity index (χ1) is 6.69. The first kappa shape index (κ1) is 11.0. The Labute approximate surface area is 86.1 Å². The van der Waals surface area contributed by atoms with E-state index in [2.05, 4.69) is 26.0 Å². The van der Waals surface area contributed by atoms with Crippen LogP contribution in [0.25, 0.3) is 0 Å². The van der Waals surface area contributed by atoms with Gasteiger partial charge < -0.3 is 4.79 Å². The molecule has 0 spiro atoms. The molecule has 0 N–H and O–H groups in total. The van der Waals surface area contributed by atoms with E-state index in [1.54, 1.807) is 0 Å². The van der Waals surface area contributed by atoms with E-state index < -0.39 is 0 Å². The molecule has 1 rings (SSSR count). The van der Waals surface area contributed by atoms with Crippen LogP contribution in [-0.2, 0) is 4.79 Å². The molecular formula is C13H18O. The lowest BCUT2D eigenvalue weighted by Crippen LogP contribution is -1.99. The van der Waals surface area contributed by atoms with Crippen LogP contribution in [0, 0.1) is 0 Å². The van der Waals surface area contributed by atoms with Crippen molar-refractivity contribution in [3.8, 4) is 0 Å². The minimum Gasteiger partial charge on any atom is -0.303 e. The number of hydrogen-bond donors (Lipinski definition) is 0. The number of carbonyl (C=O) groups is 1. The van der Waals surface area contributed by atoms with Crippen molar-refractivity contribution in [3.63, 3.8) is 0 Å². The molecule has 14 heavy (non-hydrogen) atoms. The smallest absolute Gasteiger partial charge is 0.127 e. The molecule has 0 saturated carbocycles. The molecule has 1 nitrogen and oxygen atoms in total. The van der Waals surface area contributed by atoms with Crippen LogP contribution in [0.15, 0.2) is 24.3 Å². The molecule has 1 atom stereocenters. The third kappa shape index (κ3) is 2.44. The minimum absolute atomic E-state index is 0.0636. The second-order valence-electron chi connectivity index (χ2n) is 3.98. The predicted molar refractivity (Wildman–Crippen MR) is 59.6 cm³/mol. The van der Waals surface area contributed by atoms with Crippen LogP contribution in [0.3, 0.4) is 0 Å². The van der Waals surface area contributed by atoms with Crippen molar-refractivity contribution in [1.29, 1.82) is 0 Å². The summed E-state index contributed by atoms with van der Waals surface area (Å²) in [6.07, 6.45) is 1.92. The molecule has 0 aliphatic heterocycles. The van der Waals surface area contributed by atoms with Gasteiger partial charge >= 0.3 is 0 Å². The highest BCUT2D eigenvalue weighted by atomic mass is 16.1. The SMILES string of the molecule is CCC(C=O)c1cccc(C(C)C)c1. The molecule has 1 heteroatoms. The van der Waals surface area contributed by atoms with Crippen LogP contribution in [-0.4, -0.2) is 6.29 Å². The summed E-state index contributed by atoms with van der Waals surface area (Å²) in [6.45, 7) is 6.38. The Morgan fingerprint density at radius 2 is 1.93 bits per heavy atom. The lowest BCUT2D eigenvalue weighted by atomic mass is 9.93. The zero-order valence-corrected chi connectivity index (χ0v) is 9.16. The lowest BCUT2D eigenvalue weighted by Gasteiger charge is -2.11. The van der Waals surface area contributed by atoms with Crippen LogP contribution in [0.5, 0.6) is 0 Å². The van der Waals surface area contributed by atoms with E-state index in [1.165, 1.54) is 5.56 Å². The van der Waals surface area contributed by atoms with Crippen molar-refractivity contribution in [3.05, 3.63) is 35.4 Å². The Morgan fingerprint density at radius 1 is 1.29 bits per heavy atom. The van der Waals surface area contributed by atoms with E-state index in [1.807, 2.05) is 19.1 Å². The van der Waals surface area contributed by atoms with Gasteiger partial charge in [0.2, 0.25) is 0 Å². The number of rotatable bonds is 4. The highest BCUT2D eigenvalue weighted by molar-refractivity contribution is 5.62. The van der Waals surface area contributed by atoms with Crippen LogP contribution in [0.4, 0.5) is 0 Å². The van der Waals surface area contributed by atoms with Gasteiger partial charge in [-0.1, -0.05) is 45.0 Å². The molecule has 0 heterocycles. The van der Waals surface area contributed by atoms with Gasteiger partial charge in [0, 0.05) is 5.92 Å². The number of carbonyl (C=O) groups excluding carboxylic acids is 1. The van der Waals surface area contributed by atoms with Crippen molar-refractivity contribution < 1.29 is 4.79 Å². The average molecular weight is 190 g/mol. The maximum absolute atomic E-state index is 10.8. The largest absolute Gasteiger partial charge is 0.303 e. The molecule has 76 valence electrons. The van der Waals surface area contributed by atoms with Crippen LogP contribution >= 0.6 is 0 Å². The van der Waals surface area contributed by atoms with Gasteiger partial charge in [0.15, 0.2) is 0 Å². The molecule has 0 fully saturated rings. The lowest BCUT2D eigenvalue weighted by molar-refractivity contribution is -0.109. The number of benzene rings is 1. The van der Waals surface area contributed by atoms with Crippen molar-refractivity contribution in [2.75, 3.05) is 0 Å². The Kier molecular flexibility index (Phi) is 3.87. The Hall–Kier alpha value is -1.11. The predicted octanol–water partition coefficient (Wildman–Crippen LogP) is 3.50. The van der Waals surface area contributed by atoms with Crippen molar-refractivity contribution in [1.82, 2.24) is 0 Å². The summed E-state index contributed by atoms with van der Waals surface area (Å²) >= 11 is 0. The van der Waals surface area contributed by atoms with E-state index in [4.69, 9.17) is 0 Å². The Bertz CT molecular complexity index is 302. The second-order valence-corrected chi connectivity index (χ2v) is 3.98. The molecule has 0 saturated heterocycles. The normalized spacial score (nSPS) is 12.9. The molecule has 0 aromatic heterocycles. The fraction of sp³-hybridized carbons (Fsp3) is 0.462. The van der Waals surface area contributed by atoms with Gasteiger partial charge in [0.1, 0.15) is 6.29 Å². The summed E-state index contributed by atoms with van der Waals surface area (Å²) in [6, 6.07) is 8.34. The molecule has 0 bridgehead atoms. The van der Waals surface area contributed by atoms with Gasteiger partial charge in [-0.3, -0.25) is 0 Å². The topological polar surface area (TPSA) is 17.1 Å². The Morgan fingerprint density at radius 3 is 2.43 bits per heavy atom. The highest BCUT2D eigenvalue weighted by Gasteiger charge is 2.08.